The van der Waals surface area contributed by atoms with Crippen molar-refractivity contribution in [2.45, 2.75) is 37.7 Å². The van der Waals surface area contributed by atoms with Crippen LogP contribution in [-0.4, -0.2) is 38.5 Å². The van der Waals surface area contributed by atoms with Crippen LogP contribution in [0, 0.1) is 6.92 Å². The lowest BCUT2D eigenvalue weighted by atomic mass is 10.1. The van der Waals surface area contributed by atoms with Crippen molar-refractivity contribution < 1.29 is 13.2 Å². The smallest absolute Gasteiger partial charge is 0.245 e. The molecule has 1 heterocycles. The fourth-order valence-corrected chi connectivity index (χ4v) is 4.48. The molecule has 0 bridgehead atoms. The predicted molar refractivity (Wildman–Crippen MR) is 79.0 cm³/mol. The number of ether oxygens (including phenoxy) is 1. The topological polar surface area (TPSA) is 72.6 Å². The molecule has 112 valence electrons. The van der Waals surface area contributed by atoms with Crippen molar-refractivity contribution in [3.63, 3.8) is 0 Å². The molecule has 1 aliphatic heterocycles. The third kappa shape index (κ3) is 2.97. The summed E-state index contributed by atoms with van der Waals surface area (Å²) in [6.07, 6.45) is 1.70. The third-order valence-electron chi connectivity index (χ3n) is 3.58. The first-order valence-corrected chi connectivity index (χ1v) is 8.37. The molecular formula is C14H22N2O3S. The van der Waals surface area contributed by atoms with E-state index in [1.165, 1.54) is 4.31 Å². The van der Waals surface area contributed by atoms with Crippen LogP contribution in [0.15, 0.2) is 23.1 Å². The highest BCUT2D eigenvalue weighted by Crippen LogP contribution is 2.28. The van der Waals surface area contributed by atoms with Crippen molar-refractivity contribution in [3.8, 4) is 0 Å². The Morgan fingerprint density at radius 1 is 1.45 bits per heavy atom. The Morgan fingerprint density at radius 2 is 2.20 bits per heavy atom. The Bertz CT molecular complexity index is 550. The number of benzene rings is 1. The van der Waals surface area contributed by atoms with Crippen LogP contribution >= 0.6 is 0 Å². The van der Waals surface area contributed by atoms with Gasteiger partial charge in [-0.05, 0) is 38.3 Å². The maximum absolute atomic E-state index is 12.8. The van der Waals surface area contributed by atoms with Crippen molar-refractivity contribution in [1.29, 1.82) is 0 Å². The van der Waals surface area contributed by atoms with Gasteiger partial charge in [-0.3, -0.25) is 0 Å². The van der Waals surface area contributed by atoms with Crippen LogP contribution in [0.5, 0.6) is 0 Å². The zero-order chi connectivity index (χ0) is 14.8. The number of sulfonamides is 1. The van der Waals surface area contributed by atoms with Gasteiger partial charge in [-0.15, -0.1) is 0 Å². The molecule has 5 nitrogen and oxygen atoms in total. The monoisotopic (exact) mass is 298 g/mol. The van der Waals surface area contributed by atoms with E-state index in [0.717, 1.165) is 12.8 Å². The van der Waals surface area contributed by atoms with Crippen molar-refractivity contribution in [2.75, 3.05) is 25.4 Å². The summed E-state index contributed by atoms with van der Waals surface area (Å²) in [4.78, 5) is 0.233. The summed E-state index contributed by atoms with van der Waals surface area (Å²) < 4.78 is 32.6. The lowest BCUT2D eigenvalue weighted by molar-refractivity contribution is 0.0265. The zero-order valence-electron chi connectivity index (χ0n) is 12.0. The van der Waals surface area contributed by atoms with E-state index in [1.807, 2.05) is 6.92 Å². The van der Waals surface area contributed by atoms with Crippen LogP contribution in [0.3, 0.4) is 0 Å². The number of nitrogens with zero attached hydrogens (tertiary/aromatic N) is 1. The zero-order valence-corrected chi connectivity index (χ0v) is 12.8. The summed E-state index contributed by atoms with van der Waals surface area (Å²) >= 11 is 0. The minimum atomic E-state index is -3.55. The van der Waals surface area contributed by atoms with Crippen LogP contribution in [0.1, 0.15) is 25.3 Å². The lowest BCUT2D eigenvalue weighted by Gasteiger charge is -2.32. The normalized spacial score (nSPS) is 21.0. The van der Waals surface area contributed by atoms with Crippen molar-refractivity contribution >= 4 is 15.7 Å². The summed E-state index contributed by atoms with van der Waals surface area (Å²) in [5, 5.41) is 0. The fraction of sp³-hybridized carbons (Fsp3) is 0.571. The molecule has 0 saturated carbocycles. The van der Waals surface area contributed by atoms with E-state index in [4.69, 9.17) is 10.5 Å². The number of nitrogen functional groups attached to an aromatic ring is 1. The first-order valence-electron chi connectivity index (χ1n) is 6.93. The largest absolute Gasteiger partial charge is 0.398 e. The van der Waals surface area contributed by atoms with Gasteiger partial charge in [0.15, 0.2) is 0 Å². The lowest BCUT2D eigenvalue weighted by Crippen LogP contribution is -2.43. The van der Waals surface area contributed by atoms with Crippen LogP contribution in [0.25, 0.3) is 0 Å². The van der Waals surface area contributed by atoms with Gasteiger partial charge in [0.2, 0.25) is 10.0 Å². The number of rotatable bonds is 4. The van der Waals surface area contributed by atoms with E-state index in [2.05, 4.69) is 0 Å². The van der Waals surface area contributed by atoms with Gasteiger partial charge in [0.05, 0.1) is 11.8 Å². The summed E-state index contributed by atoms with van der Waals surface area (Å²) in [5.41, 5.74) is 6.86. The number of hydrogen-bond acceptors (Lipinski definition) is 4. The van der Waals surface area contributed by atoms with Gasteiger partial charge in [0.25, 0.3) is 0 Å². The minimum absolute atomic E-state index is 0.0197. The average Bonchev–Trinajstić information content (AvgIpc) is 2.39. The summed E-state index contributed by atoms with van der Waals surface area (Å²) in [6, 6.07) is 5.17. The summed E-state index contributed by atoms with van der Waals surface area (Å²) in [6.45, 7) is 5.23. The number of nitrogens with two attached hydrogens (primary N) is 1. The SMILES string of the molecule is CCOC1CCCN(S(=O)(=O)c2c(C)cccc2N)C1. The molecule has 0 aromatic heterocycles. The van der Waals surface area contributed by atoms with E-state index in [0.29, 0.717) is 30.9 Å². The third-order valence-corrected chi connectivity index (χ3v) is 5.67. The van der Waals surface area contributed by atoms with Gasteiger partial charge in [0.1, 0.15) is 4.90 Å². The molecule has 1 aromatic rings. The molecule has 1 unspecified atom stereocenters. The molecule has 2 N–H and O–H groups in total. The van der Waals surface area contributed by atoms with Crippen molar-refractivity contribution in [3.05, 3.63) is 23.8 Å². The Balaban J connectivity index is 2.30. The van der Waals surface area contributed by atoms with Crippen LogP contribution in [0.2, 0.25) is 0 Å². The Hall–Kier alpha value is -1.11. The molecule has 2 rings (SSSR count). The second-order valence-electron chi connectivity index (χ2n) is 5.08. The van der Waals surface area contributed by atoms with E-state index in [-0.39, 0.29) is 11.0 Å². The Kier molecular flexibility index (Phi) is 4.67. The molecule has 0 spiro atoms. The molecule has 20 heavy (non-hydrogen) atoms. The minimum Gasteiger partial charge on any atom is -0.398 e. The van der Waals surface area contributed by atoms with Crippen molar-refractivity contribution in [2.24, 2.45) is 0 Å². The molecule has 1 saturated heterocycles. The van der Waals surface area contributed by atoms with Gasteiger partial charge in [-0.1, -0.05) is 12.1 Å². The maximum Gasteiger partial charge on any atom is 0.245 e. The second kappa shape index (κ2) is 6.11. The molecule has 6 heteroatoms. The molecule has 0 amide bonds. The van der Waals surface area contributed by atoms with Crippen LogP contribution in [0.4, 0.5) is 5.69 Å². The highest BCUT2D eigenvalue weighted by molar-refractivity contribution is 7.89. The van der Waals surface area contributed by atoms with Gasteiger partial charge >= 0.3 is 0 Å². The van der Waals surface area contributed by atoms with Crippen LogP contribution < -0.4 is 5.73 Å². The first kappa shape index (κ1) is 15.3. The molecular weight excluding hydrogens is 276 g/mol. The van der Waals surface area contributed by atoms with E-state index in [9.17, 15) is 8.42 Å². The Morgan fingerprint density at radius 3 is 2.85 bits per heavy atom. The van der Waals surface area contributed by atoms with E-state index < -0.39 is 10.0 Å². The van der Waals surface area contributed by atoms with Gasteiger partial charge in [0, 0.05) is 19.7 Å². The van der Waals surface area contributed by atoms with Gasteiger partial charge in [-0.25, -0.2) is 8.42 Å². The quantitative estimate of drug-likeness (QED) is 0.860. The molecule has 1 aliphatic rings. The number of aryl methyl sites for hydroxylation is 1. The Labute approximate surface area is 120 Å². The highest BCUT2D eigenvalue weighted by Gasteiger charge is 2.32. The maximum atomic E-state index is 12.8. The molecule has 1 aromatic carbocycles. The predicted octanol–water partition coefficient (Wildman–Crippen LogP) is 1.77. The molecule has 1 fully saturated rings. The van der Waals surface area contributed by atoms with Gasteiger partial charge in [-0.2, -0.15) is 4.31 Å². The van der Waals surface area contributed by atoms with Gasteiger partial charge < -0.3 is 10.5 Å². The number of piperidine rings is 1. The standard InChI is InChI=1S/C14H22N2O3S/c1-3-19-12-7-5-9-16(10-12)20(17,18)14-11(2)6-4-8-13(14)15/h4,6,8,12H,3,5,7,9-10,15H2,1-2H3. The second-order valence-corrected chi connectivity index (χ2v) is 6.95. The molecule has 1 atom stereocenters. The summed E-state index contributed by atoms with van der Waals surface area (Å²) in [5.74, 6) is 0. The first-order chi connectivity index (χ1) is 9.46. The van der Waals surface area contributed by atoms with Crippen LogP contribution in [-0.2, 0) is 14.8 Å². The fourth-order valence-electron chi connectivity index (χ4n) is 2.65. The number of anilines is 1. The molecule has 0 aliphatic carbocycles. The summed E-state index contributed by atoms with van der Waals surface area (Å²) in [7, 11) is -3.55. The average molecular weight is 298 g/mol. The van der Waals surface area contributed by atoms with Crippen molar-refractivity contribution in [1.82, 2.24) is 4.31 Å². The van der Waals surface area contributed by atoms with E-state index >= 15 is 0 Å². The highest BCUT2D eigenvalue weighted by atomic mass is 32.2. The number of hydrogen-bond donors (Lipinski definition) is 1. The van der Waals surface area contributed by atoms with E-state index in [1.54, 1.807) is 25.1 Å². The molecule has 0 radical (unpaired) electrons.